The normalized spacial score (nSPS) is 10.1. The molecule has 3 N–H and O–H groups in total. The first-order valence-electron chi connectivity index (χ1n) is 7.33. The highest BCUT2D eigenvalue weighted by Gasteiger charge is 2.11. The van der Waals surface area contributed by atoms with Crippen LogP contribution in [0.2, 0.25) is 0 Å². The third-order valence-corrected chi connectivity index (χ3v) is 2.89. The third-order valence-electron chi connectivity index (χ3n) is 2.89. The molecule has 8 heteroatoms. The first kappa shape index (κ1) is 16.9. The van der Waals surface area contributed by atoms with E-state index < -0.39 is 0 Å². The van der Waals surface area contributed by atoms with Gasteiger partial charge in [-0.1, -0.05) is 6.92 Å². The highest BCUT2D eigenvalue weighted by Crippen LogP contribution is 2.13. The number of carbonyl (C=O) groups is 1. The SMILES string of the molecule is CCCNc1nc(NCC(=O)NC)nc(N(CC)CC)n1. The number of hydrogen-bond donors (Lipinski definition) is 3. The Morgan fingerprint density at radius 3 is 2.19 bits per heavy atom. The van der Waals surface area contributed by atoms with Crippen molar-refractivity contribution < 1.29 is 4.79 Å². The minimum absolute atomic E-state index is 0.122. The molecule has 1 aromatic rings. The van der Waals surface area contributed by atoms with E-state index in [1.54, 1.807) is 7.05 Å². The van der Waals surface area contributed by atoms with Crippen LogP contribution in [0.3, 0.4) is 0 Å². The van der Waals surface area contributed by atoms with Crippen molar-refractivity contribution in [3.63, 3.8) is 0 Å². The number of likely N-dealkylation sites (N-methyl/N-ethyl adjacent to an activating group) is 1. The molecular formula is C13H25N7O. The van der Waals surface area contributed by atoms with Gasteiger partial charge in [0.25, 0.3) is 0 Å². The number of nitrogens with zero attached hydrogens (tertiary/aromatic N) is 4. The Bertz CT molecular complexity index is 448. The van der Waals surface area contributed by atoms with Crippen molar-refractivity contribution in [1.82, 2.24) is 20.3 Å². The van der Waals surface area contributed by atoms with Crippen LogP contribution in [0, 0.1) is 0 Å². The smallest absolute Gasteiger partial charge is 0.239 e. The minimum Gasteiger partial charge on any atom is -0.358 e. The van der Waals surface area contributed by atoms with E-state index in [0.29, 0.717) is 17.8 Å². The standard InChI is InChI=1S/C13H25N7O/c1-5-8-15-11-17-12(16-9-10(21)14-4)19-13(18-11)20(6-2)7-3/h5-9H2,1-4H3,(H,14,21)(H2,15,16,17,18,19). The van der Waals surface area contributed by atoms with Crippen molar-refractivity contribution >= 4 is 23.8 Å². The summed E-state index contributed by atoms with van der Waals surface area (Å²) >= 11 is 0. The fraction of sp³-hybridized carbons (Fsp3) is 0.692. The van der Waals surface area contributed by atoms with Crippen LogP contribution >= 0.6 is 0 Å². The summed E-state index contributed by atoms with van der Waals surface area (Å²) in [6, 6.07) is 0. The van der Waals surface area contributed by atoms with Gasteiger partial charge in [-0.25, -0.2) is 0 Å². The highest BCUT2D eigenvalue weighted by molar-refractivity contribution is 5.79. The summed E-state index contributed by atoms with van der Waals surface area (Å²) in [6.07, 6.45) is 0.979. The van der Waals surface area contributed by atoms with Gasteiger partial charge in [0.1, 0.15) is 0 Å². The molecule has 0 unspecified atom stereocenters. The molecule has 0 spiro atoms. The number of hydrogen-bond acceptors (Lipinski definition) is 7. The molecule has 0 aliphatic heterocycles. The van der Waals surface area contributed by atoms with Crippen molar-refractivity contribution in [3.05, 3.63) is 0 Å². The van der Waals surface area contributed by atoms with Crippen molar-refractivity contribution in [1.29, 1.82) is 0 Å². The second-order valence-electron chi connectivity index (χ2n) is 4.41. The summed E-state index contributed by atoms with van der Waals surface area (Å²) in [7, 11) is 1.59. The van der Waals surface area contributed by atoms with Crippen LogP contribution in [0.1, 0.15) is 27.2 Å². The van der Waals surface area contributed by atoms with Gasteiger partial charge in [-0.2, -0.15) is 15.0 Å². The predicted molar refractivity (Wildman–Crippen MR) is 84.7 cm³/mol. The topological polar surface area (TPSA) is 95.1 Å². The number of amides is 1. The van der Waals surface area contributed by atoms with Crippen LogP contribution in [0.5, 0.6) is 0 Å². The zero-order valence-electron chi connectivity index (χ0n) is 13.2. The zero-order valence-corrected chi connectivity index (χ0v) is 13.2. The Balaban J connectivity index is 2.93. The Morgan fingerprint density at radius 1 is 1.05 bits per heavy atom. The molecule has 0 fully saturated rings. The number of carbonyl (C=O) groups excluding carboxylic acids is 1. The van der Waals surface area contributed by atoms with Crippen LogP contribution in [-0.4, -0.2) is 54.1 Å². The molecule has 0 aliphatic carbocycles. The van der Waals surface area contributed by atoms with Gasteiger partial charge in [0, 0.05) is 26.7 Å². The molecular weight excluding hydrogens is 270 g/mol. The molecule has 0 aromatic carbocycles. The Morgan fingerprint density at radius 2 is 1.67 bits per heavy atom. The van der Waals surface area contributed by atoms with Gasteiger partial charge in [0.2, 0.25) is 23.8 Å². The largest absolute Gasteiger partial charge is 0.358 e. The van der Waals surface area contributed by atoms with Crippen molar-refractivity contribution in [3.8, 4) is 0 Å². The average molecular weight is 295 g/mol. The van der Waals surface area contributed by atoms with Gasteiger partial charge in [0.15, 0.2) is 0 Å². The summed E-state index contributed by atoms with van der Waals surface area (Å²) in [6.45, 7) is 8.70. The molecule has 0 atom stereocenters. The predicted octanol–water partition coefficient (Wildman–Crippen LogP) is 0.698. The molecule has 1 heterocycles. The van der Waals surface area contributed by atoms with Gasteiger partial charge >= 0.3 is 0 Å². The Labute approximate surface area is 125 Å². The summed E-state index contributed by atoms with van der Waals surface area (Å²) in [5.41, 5.74) is 0. The lowest BCUT2D eigenvalue weighted by Crippen LogP contribution is -2.28. The van der Waals surface area contributed by atoms with E-state index in [1.165, 1.54) is 0 Å². The van der Waals surface area contributed by atoms with E-state index in [4.69, 9.17) is 0 Å². The molecule has 0 aliphatic rings. The number of aromatic nitrogens is 3. The maximum absolute atomic E-state index is 11.3. The van der Waals surface area contributed by atoms with Crippen LogP contribution in [0.25, 0.3) is 0 Å². The Hall–Kier alpha value is -2.12. The quantitative estimate of drug-likeness (QED) is 0.617. The fourth-order valence-corrected chi connectivity index (χ4v) is 1.66. The molecule has 0 saturated carbocycles. The molecule has 118 valence electrons. The molecule has 0 saturated heterocycles. The van der Waals surface area contributed by atoms with Gasteiger partial charge in [0.05, 0.1) is 6.54 Å². The van der Waals surface area contributed by atoms with E-state index in [1.807, 2.05) is 18.7 Å². The monoisotopic (exact) mass is 295 g/mol. The molecule has 21 heavy (non-hydrogen) atoms. The summed E-state index contributed by atoms with van der Waals surface area (Å²) < 4.78 is 0. The maximum Gasteiger partial charge on any atom is 0.239 e. The summed E-state index contributed by atoms with van der Waals surface area (Å²) in [4.78, 5) is 26.4. The molecule has 1 aromatic heterocycles. The third kappa shape index (κ3) is 5.41. The first-order valence-corrected chi connectivity index (χ1v) is 7.33. The van der Waals surface area contributed by atoms with Gasteiger partial charge < -0.3 is 20.9 Å². The fourth-order valence-electron chi connectivity index (χ4n) is 1.66. The van der Waals surface area contributed by atoms with Crippen LogP contribution in [-0.2, 0) is 4.79 Å². The lowest BCUT2D eigenvalue weighted by atomic mass is 10.5. The number of nitrogens with one attached hydrogen (secondary N) is 3. The maximum atomic E-state index is 11.3. The lowest BCUT2D eigenvalue weighted by Gasteiger charge is -2.19. The van der Waals surface area contributed by atoms with Gasteiger partial charge in [-0.15, -0.1) is 0 Å². The summed E-state index contributed by atoms with van der Waals surface area (Å²) in [5.74, 6) is 1.40. The zero-order chi connectivity index (χ0) is 15.7. The number of anilines is 3. The van der Waals surface area contributed by atoms with Crippen LogP contribution in [0.15, 0.2) is 0 Å². The van der Waals surface area contributed by atoms with Crippen molar-refractivity contribution in [2.75, 3.05) is 48.8 Å². The van der Waals surface area contributed by atoms with Crippen molar-refractivity contribution in [2.45, 2.75) is 27.2 Å². The van der Waals surface area contributed by atoms with E-state index in [0.717, 1.165) is 26.1 Å². The average Bonchev–Trinajstić information content (AvgIpc) is 2.51. The van der Waals surface area contributed by atoms with Crippen molar-refractivity contribution in [2.24, 2.45) is 0 Å². The van der Waals surface area contributed by atoms with E-state index in [2.05, 4.69) is 37.8 Å². The second kappa shape index (κ2) is 8.93. The minimum atomic E-state index is -0.122. The van der Waals surface area contributed by atoms with Crippen LogP contribution < -0.4 is 20.9 Å². The molecule has 0 radical (unpaired) electrons. The van der Waals surface area contributed by atoms with E-state index in [-0.39, 0.29) is 12.5 Å². The van der Waals surface area contributed by atoms with E-state index >= 15 is 0 Å². The molecule has 8 nitrogen and oxygen atoms in total. The van der Waals surface area contributed by atoms with Gasteiger partial charge in [-0.05, 0) is 20.3 Å². The molecule has 1 amide bonds. The lowest BCUT2D eigenvalue weighted by molar-refractivity contribution is -0.118. The summed E-state index contributed by atoms with van der Waals surface area (Å²) in [5, 5.41) is 8.61. The Kier molecular flexibility index (Phi) is 7.20. The highest BCUT2D eigenvalue weighted by atomic mass is 16.1. The first-order chi connectivity index (χ1) is 10.1. The second-order valence-corrected chi connectivity index (χ2v) is 4.41. The van der Waals surface area contributed by atoms with Gasteiger partial charge in [-0.3, -0.25) is 4.79 Å². The molecule has 0 bridgehead atoms. The molecule has 1 rings (SSSR count). The van der Waals surface area contributed by atoms with Crippen LogP contribution in [0.4, 0.5) is 17.8 Å². The van der Waals surface area contributed by atoms with E-state index in [9.17, 15) is 4.79 Å². The number of rotatable bonds is 9.